The van der Waals surface area contributed by atoms with E-state index >= 15 is 0 Å². The van der Waals surface area contributed by atoms with Crippen molar-refractivity contribution in [3.8, 4) is 0 Å². The van der Waals surface area contributed by atoms with Crippen molar-refractivity contribution in [1.29, 1.82) is 0 Å². The molecule has 0 saturated heterocycles. The van der Waals surface area contributed by atoms with Crippen LogP contribution >= 0.6 is 12.2 Å². The zero-order chi connectivity index (χ0) is 15.1. The summed E-state index contributed by atoms with van der Waals surface area (Å²) in [5, 5.41) is 2.86. The Morgan fingerprint density at radius 1 is 1.19 bits per heavy atom. The molecule has 1 aliphatic carbocycles. The predicted octanol–water partition coefficient (Wildman–Crippen LogP) is 2.40. The molecule has 1 saturated carbocycles. The maximum absolute atomic E-state index is 11.9. The van der Waals surface area contributed by atoms with E-state index in [0.29, 0.717) is 29.8 Å². The highest BCUT2D eigenvalue weighted by Gasteiger charge is 2.13. The minimum absolute atomic E-state index is 0.100. The maximum atomic E-state index is 11.9. The summed E-state index contributed by atoms with van der Waals surface area (Å²) < 4.78 is 5.77. The fourth-order valence-electron chi connectivity index (χ4n) is 2.51. The second kappa shape index (κ2) is 8.10. The maximum Gasteiger partial charge on any atom is 0.251 e. The van der Waals surface area contributed by atoms with E-state index < -0.39 is 0 Å². The lowest BCUT2D eigenvalue weighted by Crippen LogP contribution is -2.29. The third-order valence-corrected chi connectivity index (χ3v) is 3.96. The Labute approximate surface area is 131 Å². The summed E-state index contributed by atoms with van der Waals surface area (Å²) in [5.74, 6) is -0.100. The van der Waals surface area contributed by atoms with Crippen LogP contribution in [0.5, 0.6) is 0 Å². The topological polar surface area (TPSA) is 64.4 Å². The molecular formula is C16H22N2O2S. The first kappa shape index (κ1) is 15.9. The summed E-state index contributed by atoms with van der Waals surface area (Å²) in [6, 6.07) is 6.98. The highest BCUT2D eigenvalue weighted by atomic mass is 32.1. The standard InChI is InChI=1S/C16H22N2O2S/c17-15(21)12-6-8-13(9-7-12)16(19)18-10-11-20-14-4-2-1-3-5-14/h6-9,14H,1-5,10-11H2,(H2,17,21)(H,18,19). The number of ether oxygens (including phenoxy) is 1. The molecule has 0 aromatic heterocycles. The monoisotopic (exact) mass is 306 g/mol. The van der Waals surface area contributed by atoms with Gasteiger partial charge in [0, 0.05) is 17.7 Å². The van der Waals surface area contributed by atoms with Gasteiger partial charge in [-0.15, -0.1) is 0 Å². The molecular weight excluding hydrogens is 284 g/mol. The number of hydrogen-bond donors (Lipinski definition) is 2. The first-order valence-corrected chi connectivity index (χ1v) is 7.87. The van der Waals surface area contributed by atoms with Crippen LogP contribution in [-0.2, 0) is 4.74 Å². The summed E-state index contributed by atoms with van der Waals surface area (Å²) in [7, 11) is 0. The fraction of sp³-hybridized carbons (Fsp3) is 0.500. The quantitative estimate of drug-likeness (QED) is 0.626. The summed E-state index contributed by atoms with van der Waals surface area (Å²) in [6.07, 6.45) is 6.50. The Morgan fingerprint density at radius 2 is 1.81 bits per heavy atom. The van der Waals surface area contributed by atoms with Crippen molar-refractivity contribution in [3.63, 3.8) is 0 Å². The number of nitrogens with two attached hydrogens (primary N) is 1. The number of carbonyl (C=O) groups excluding carboxylic acids is 1. The zero-order valence-corrected chi connectivity index (χ0v) is 13.0. The van der Waals surface area contributed by atoms with Crippen LogP contribution in [0.1, 0.15) is 48.0 Å². The number of thiocarbonyl (C=S) groups is 1. The van der Waals surface area contributed by atoms with E-state index in [-0.39, 0.29) is 5.91 Å². The minimum Gasteiger partial charge on any atom is -0.389 e. The Balaban J connectivity index is 1.70. The van der Waals surface area contributed by atoms with Crippen molar-refractivity contribution >= 4 is 23.1 Å². The molecule has 0 bridgehead atoms. The number of carbonyl (C=O) groups is 1. The van der Waals surface area contributed by atoms with Crippen LogP contribution in [0.4, 0.5) is 0 Å². The smallest absolute Gasteiger partial charge is 0.251 e. The van der Waals surface area contributed by atoms with Gasteiger partial charge < -0.3 is 15.8 Å². The minimum atomic E-state index is -0.100. The van der Waals surface area contributed by atoms with E-state index in [4.69, 9.17) is 22.7 Å². The number of benzene rings is 1. The third kappa shape index (κ3) is 5.10. The summed E-state index contributed by atoms with van der Waals surface area (Å²) in [6.45, 7) is 1.10. The zero-order valence-electron chi connectivity index (χ0n) is 12.1. The molecule has 3 N–H and O–H groups in total. The second-order valence-electron chi connectivity index (χ2n) is 5.33. The van der Waals surface area contributed by atoms with Crippen LogP contribution in [0, 0.1) is 0 Å². The fourth-order valence-corrected chi connectivity index (χ4v) is 2.65. The molecule has 4 nitrogen and oxygen atoms in total. The first-order chi connectivity index (χ1) is 10.2. The normalized spacial score (nSPS) is 15.6. The Hall–Kier alpha value is -1.46. The van der Waals surface area contributed by atoms with E-state index in [1.54, 1.807) is 24.3 Å². The molecule has 0 heterocycles. The van der Waals surface area contributed by atoms with Crippen LogP contribution in [0.3, 0.4) is 0 Å². The lowest BCUT2D eigenvalue weighted by Gasteiger charge is -2.22. The van der Waals surface area contributed by atoms with Crippen molar-refractivity contribution in [2.45, 2.75) is 38.2 Å². The van der Waals surface area contributed by atoms with E-state index in [2.05, 4.69) is 5.32 Å². The summed E-state index contributed by atoms with van der Waals surface area (Å²) in [4.78, 5) is 12.3. The van der Waals surface area contributed by atoms with Crippen LogP contribution < -0.4 is 11.1 Å². The number of rotatable bonds is 6. The largest absolute Gasteiger partial charge is 0.389 e. The van der Waals surface area contributed by atoms with Crippen LogP contribution in [0.15, 0.2) is 24.3 Å². The van der Waals surface area contributed by atoms with Crippen LogP contribution in [0.2, 0.25) is 0 Å². The Bertz CT molecular complexity index is 482. The van der Waals surface area contributed by atoms with E-state index in [1.165, 1.54) is 19.3 Å². The molecule has 2 rings (SSSR count). The summed E-state index contributed by atoms with van der Waals surface area (Å²) in [5.41, 5.74) is 6.89. The van der Waals surface area contributed by atoms with E-state index in [1.807, 2.05) is 0 Å². The molecule has 1 fully saturated rings. The number of amides is 1. The molecule has 1 aromatic carbocycles. The van der Waals surface area contributed by atoms with Crippen molar-refractivity contribution in [3.05, 3.63) is 35.4 Å². The molecule has 1 aliphatic rings. The van der Waals surface area contributed by atoms with Gasteiger partial charge in [-0.25, -0.2) is 0 Å². The molecule has 5 heteroatoms. The molecule has 0 aliphatic heterocycles. The van der Waals surface area contributed by atoms with Crippen molar-refractivity contribution < 1.29 is 9.53 Å². The number of nitrogens with one attached hydrogen (secondary N) is 1. The first-order valence-electron chi connectivity index (χ1n) is 7.46. The second-order valence-corrected chi connectivity index (χ2v) is 5.77. The highest BCUT2D eigenvalue weighted by molar-refractivity contribution is 7.80. The number of hydrogen-bond acceptors (Lipinski definition) is 3. The molecule has 21 heavy (non-hydrogen) atoms. The summed E-state index contributed by atoms with van der Waals surface area (Å²) >= 11 is 4.88. The third-order valence-electron chi connectivity index (χ3n) is 3.72. The highest BCUT2D eigenvalue weighted by Crippen LogP contribution is 2.19. The average Bonchev–Trinajstić information content (AvgIpc) is 2.52. The van der Waals surface area contributed by atoms with Gasteiger partial charge in [-0.05, 0) is 25.0 Å². The van der Waals surface area contributed by atoms with E-state index in [0.717, 1.165) is 18.4 Å². The Kier molecular flexibility index (Phi) is 6.14. The van der Waals surface area contributed by atoms with Gasteiger partial charge in [-0.3, -0.25) is 4.79 Å². The molecule has 0 unspecified atom stereocenters. The average molecular weight is 306 g/mol. The molecule has 0 spiro atoms. The van der Waals surface area contributed by atoms with Crippen LogP contribution in [-0.4, -0.2) is 30.2 Å². The lowest BCUT2D eigenvalue weighted by atomic mass is 9.98. The van der Waals surface area contributed by atoms with Gasteiger partial charge in [0.2, 0.25) is 0 Å². The van der Waals surface area contributed by atoms with Crippen molar-refractivity contribution in [2.24, 2.45) is 5.73 Å². The van der Waals surface area contributed by atoms with Crippen molar-refractivity contribution in [2.75, 3.05) is 13.2 Å². The molecule has 0 atom stereocenters. The van der Waals surface area contributed by atoms with Gasteiger partial charge in [0.25, 0.3) is 5.91 Å². The SMILES string of the molecule is NC(=S)c1ccc(C(=O)NCCOC2CCCCC2)cc1. The van der Waals surface area contributed by atoms with Gasteiger partial charge in [-0.1, -0.05) is 43.6 Å². The van der Waals surface area contributed by atoms with E-state index in [9.17, 15) is 4.79 Å². The van der Waals surface area contributed by atoms with Gasteiger partial charge in [0.15, 0.2) is 0 Å². The molecule has 0 radical (unpaired) electrons. The van der Waals surface area contributed by atoms with Crippen LogP contribution in [0.25, 0.3) is 0 Å². The molecule has 1 aromatic rings. The lowest BCUT2D eigenvalue weighted by molar-refractivity contribution is 0.0299. The molecule has 114 valence electrons. The predicted molar refractivity (Wildman–Crippen MR) is 87.5 cm³/mol. The van der Waals surface area contributed by atoms with Gasteiger partial charge >= 0.3 is 0 Å². The van der Waals surface area contributed by atoms with Crippen molar-refractivity contribution in [1.82, 2.24) is 5.32 Å². The van der Waals surface area contributed by atoms with Gasteiger partial charge in [-0.2, -0.15) is 0 Å². The van der Waals surface area contributed by atoms with Gasteiger partial charge in [0.05, 0.1) is 12.7 Å². The van der Waals surface area contributed by atoms with Gasteiger partial charge in [0.1, 0.15) is 4.99 Å². The Morgan fingerprint density at radius 3 is 2.43 bits per heavy atom. The molecule has 1 amide bonds.